The van der Waals surface area contributed by atoms with Crippen molar-refractivity contribution in [3.63, 3.8) is 0 Å². The minimum Gasteiger partial charge on any atom is -0.360 e. The van der Waals surface area contributed by atoms with Gasteiger partial charge in [0.15, 0.2) is 5.76 Å². The molecule has 0 saturated carbocycles. The fourth-order valence-electron chi connectivity index (χ4n) is 3.46. The van der Waals surface area contributed by atoms with Crippen molar-refractivity contribution in [3.05, 3.63) is 41.5 Å². The Balaban J connectivity index is 1.66. The molecule has 0 bridgehead atoms. The smallest absolute Gasteiger partial charge is 0.248 e. The van der Waals surface area contributed by atoms with E-state index in [9.17, 15) is 17.6 Å². The largest absolute Gasteiger partial charge is 0.360 e. The average molecular weight is 424 g/mol. The molecule has 1 fully saturated rings. The van der Waals surface area contributed by atoms with Crippen LogP contribution in [-0.4, -0.2) is 60.9 Å². The van der Waals surface area contributed by atoms with Crippen LogP contribution in [0, 0.1) is 19.7 Å². The van der Waals surface area contributed by atoms with E-state index in [4.69, 9.17) is 4.52 Å². The fourth-order valence-corrected chi connectivity index (χ4v) is 5.22. The number of carbonyl (C=O) groups excluding carboxylic acids is 1. The first-order valence-electron chi connectivity index (χ1n) is 9.43. The molecular weight excluding hydrogens is 399 g/mol. The average Bonchev–Trinajstić information content (AvgIpc) is 2.88. The van der Waals surface area contributed by atoms with Gasteiger partial charge in [0.2, 0.25) is 15.9 Å². The monoisotopic (exact) mass is 424 g/mol. The Morgan fingerprint density at radius 3 is 2.48 bits per heavy atom. The fraction of sp³-hybridized carbons (Fsp3) is 0.474. The number of sulfonamides is 1. The second kappa shape index (κ2) is 8.60. The molecule has 1 aromatic carbocycles. The third kappa shape index (κ3) is 4.65. The van der Waals surface area contributed by atoms with E-state index in [0.29, 0.717) is 37.4 Å². The van der Waals surface area contributed by atoms with Crippen molar-refractivity contribution in [1.82, 2.24) is 14.4 Å². The van der Waals surface area contributed by atoms with Crippen molar-refractivity contribution in [2.75, 3.05) is 31.5 Å². The number of benzene rings is 1. The van der Waals surface area contributed by atoms with Gasteiger partial charge in [-0.05, 0) is 51.5 Å². The van der Waals surface area contributed by atoms with Crippen LogP contribution in [0.5, 0.6) is 0 Å². The quantitative estimate of drug-likeness (QED) is 0.790. The van der Waals surface area contributed by atoms with E-state index in [1.165, 1.54) is 28.6 Å². The molecule has 2 aromatic rings. The number of amides is 1. The number of nitrogens with one attached hydrogen (secondary N) is 1. The normalized spacial score (nSPS) is 17.7. The summed E-state index contributed by atoms with van der Waals surface area (Å²) < 4.78 is 45.5. The Morgan fingerprint density at radius 1 is 1.17 bits per heavy atom. The lowest BCUT2D eigenvalue weighted by Crippen LogP contribution is -2.44. The van der Waals surface area contributed by atoms with Crippen molar-refractivity contribution < 1.29 is 22.1 Å². The number of rotatable bonds is 5. The van der Waals surface area contributed by atoms with Gasteiger partial charge in [0.05, 0.1) is 6.04 Å². The van der Waals surface area contributed by atoms with Crippen LogP contribution in [0.4, 0.5) is 10.1 Å². The lowest BCUT2D eigenvalue weighted by molar-refractivity contribution is -0.120. The lowest BCUT2D eigenvalue weighted by atomic mass is 10.2. The summed E-state index contributed by atoms with van der Waals surface area (Å²) in [4.78, 5) is 14.6. The SMILES string of the molecule is Cc1noc(C)c1S(=O)(=O)N1CCCN([C@H](C)C(=O)Nc2ccc(F)cc2)CC1. The van der Waals surface area contributed by atoms with Crippen LogP contribution in [0.1, 0.15) is 24.8 Å². The third-order valence-electron chi connectivity index (χ3n) is 5.09. The zero-order chi connectivity index (χ0) is 21.2. The zero-order valence-corrected chi connectivity index (χ0v) is 17.5. The number of carbonyl (C=O) groups is 1. The first kappa shape index (κ1) is 21.4. The highest BCUT2D eigenvalue weighted by Gasteiger charge is 2.33. The van der Waals surface area contributed by atoms with Gasteiger partial charge in [0, 0.05) is 31.9 Å². The topological polar surface area (TPSA) is 95.8 Å². The molecule has 0 spiro atoms. The van der Waals surface area contributed by atoms with Gasteiger partial charge in [-0.15, -0.1) is 0 Å². The molecule has 8 nitrogen and oxygen atoms in total. The number of anilines is 1. The first-order valence-corrected chi connectivity index (χ1v) is 10.9. The van der Waals surface area contributed by atoms with Crippen molar-refractivity contribution >= 4 is 21.6 Å². The highest BCUT2D eigenvalue weighted by Crippen LogP contribution is 2.24. The van der Waals surface area contributed by atoms with E-state index in [-0.39, 0.29) is 28.9 Å². The van der Waals surface area contributed by atoms with Crippen LogP contribution in [0.2, 0.25) is 0 Å². The Labute approximate surface area is 169 Å². The molecule has 0 radical (unpaired) electrons. The summed E-state index contributed by atoms with van der Waals surface area (Å²) in [6.45, 7) is 6.59. The second-order valence-electron chi connectivity index (χ2n) is 7.12. The van der Waals surface area contributed by atoms with E-state index in [1.807, 2.05) is 4.90 Å². The molecule has 1 saturated heterocycles. The van der Waals surface area contributed by atoms with Gasteiger partial charge >= 0.3 is 0 Å². The van der Waals surface area contributed by atoms with Gasteiger partial charge in [0.25, 0.3) is 0 Å². The van der Waals surface area contributed by atoms with Gasteiger partial charge in [-0.25, -0.2) is 12.8 Å². The summed E-state index contributed by atoms with van der Waals surface area (Å²) in [6.07, 6.45) is 0.594. The van der Waals surface area contributed by atoms with Crippen LogP contribution >= 0.6 is 0 Å². The van der Waals surface area contributed by atoms with Crippen LogP contribution in [0.3, 0.4) is 0 Å². The Hall–Kier alpha value is -2.30. The summed E-state index contributed by atoms with van der Waals surface area (Å²) in [5.74, 6) is -0.322. The van der Waals surface area contributed by atoms with E-state index >= 15 is 0 Å². The van der Waals surface area contributed by atoms with E-state index in [0.717, 1.165) is 0 Å². The van der Waals surface area contributed by atoms with Gasteiger partial charge in [-0.3, -0.25) is 9.69 Å². The number of halogens is 1. The molecule has 1 aliphatic heterocycles. The predicted molar refractivity (Wildman–Crippen MR) is 105 cm³/mol. The van der Waals surface area contributed by atoms with Crippen LogP contribution in [0.25, 0.3) is 0 Å². The minimum absolute atomic E-state index is 0.119. The van der Waals surface area contributed by atoms with Crippen molar-refractivity contribution in [2.24, 2.45) is 0 Å². The van der Waals surface area contributed by atoms with Crippen LogP contribution < -0.4 is 5.32 Å². The summed E-state index contributed by atoms with van der Waals surface area (Å²) in [5, 5.41) is 6.51. The molecule has 1 aromatic heterocycles. The standard InChI is InChI=1S/C19H25FN4O4S/c1-13-18(15(3)28-22-13)29(26,27)24-10-4-9-23(11-12-24)14(2)19(25)21-17-7-5-16(20)6-8-17/h5-8,14H,4,9-12H2,1-3H3,(H,21,25)/t14-/m1/s1. The van der Waals surface area contributed by atoms with Crippen molar-refractivity contribution in [1.29, 1.82) is 0 Å². The molecule has 1 atom stereocenters. The number of aryl methyl sites for hydroxylation is 2. The van der Waals surface area contributed by atoms with Gasteiger partial charge in [-0.2, -0.15) is 4.31 Å². The van der Waals surface area contributed by atoms with E-state index < -0.39 is 16.1 Å². The minimum atomic E-state index is -3.71. The third-order valence-corrected chi connectivity index (χ3v) is 7.24. The molecular formula is C19H25FN4O4S. The number of hydrogen-bond acceptors (Lipinski definition) is 6. The Kier molecular flexibility index (Phi) is 6.35. The summed E-state index contributed by atoms with van der Waals surface area (Å²) in [5.41, 5.74) is 0.858. The Morgan fingerprint density at radius 2 is 1.86 bits per heavy atom. The molecule has 158 valence electrons. The molecule has 1 amide bonds. The number of aromatic nitrogens is 1. The summed E-state index contributed by atoms with van der Waals surface area (Å²) in [6, 6.07) is 5.11. The van der Waals surface area contributed by atoms with E-state index in [2.05, 4.69) is 10.5 Å². The van der Waals surface area contributed by atoms with Crippen molar-refractivity contribution in [2.45, 2.75) is 38.1 Å². The number of nitrogens with zero attached hydrogens (tertiary/aromatic N) is 3. The highest BCUT2D eigenvalue weighted by molar-refractivity contribution is 7.89. The maximum atomic E-state index is 13.0. The second-order valence-corrected chi connectivity index (χ2v) is 8.99. The molecule has 1 N–H and O–H groups in total. The van der Waals surface area contributed by atoms with E-state index in [1.54, 1.807) is 20.8 Å². The van der Waals surface area contributed by atoms with Crippen molar-refractivity contribution in [3.8, 4) is 0 Å². The molecule has 0 aliphatic carbocycles. The van der Waals surface area contributed by atoms with Gasteiger partial charge < -0.3 is 9.84 Å². The predicted octanol–water partition coefficient (Wildman–Crippen LogP) is 2.15. The molecule has 0 unspecified atom stereocenters. The highest BCUT2D eigenvalue weighted by atomic mass is 32.2. The molecule has 2 heterocycles. The Bertz CT molecular complexity index is 955. The maximum absolute atomic E-state index is 13.0. The van der Waals surface area contributed by atoms with Crippen LogP contribution in [0.15, 0.2) is 33.7 Å². The summed E-state index contributed by atoms with van der Waals surface area (Å²) >= 11 is 0. The molecule has 29 heavy (non-hydrogen) atoms. The summed E-state index contributed by atoms with van der Waals surface area (Å²) in [7, 11) is -3.71. The molecule has 1 aliphatic rings. The maximum Gasteiger partial charge on any atom is 0.248 e. The number of hydrogen-bond donors (Lipinski definition) is 1. The molecule has 10 heteroatoms. The first-order chi connectivity index (χ1) is 13.7. The van der Waals surface area contributed by atoms with Gasteiger partial charge in [0.1, 0.15) is 16.4 Å². The molecule has 3 rings (SSSR count). The van der Waals surface area contributed by atoms with Gasteiger partial charge in [-0.1, -0.05) is 5.16 Å². The van der Waals surface area contributed by atoms with Crippen LogP contribution in [-0.2, 0) is 14.8 Å². The zero-order valence-electron chi connectivity index (χ0n) is 16.7. The lowest BCUT2D eigenvalue weighted by Gasteiger charge is -2.26.